The van der Waals surface area contributed by atoms with Crippen LogP contribution in [0.4, 0.5) is 0 Å². The lowest BCUT2D eigenvalue weighted by Gasteiger charge is -2.18. The molecule has 4 aromatic rings. The summed E-state index contributed by atoms with van der Waals surface area (Å²) in [4.78, 5) is 26.3. The van der Waals surface area contributed by atoms with E-state index >= 15 is 0 Å². The molecule has 0 bridgehead atoms. The fourth-order valence-corrected chi connectivity index (χ4v) is 3.81. The molecule has 5 nitrogen and oxygen atoms in total. The Labute approximate surface area is 159 Å². The summed E-state index contributed by atoms with van der Waals surface area (Å²) in [5, 5.41) is 10.5. The lowest BCUT2D eigenvalue weighted by Crippen LogP contribution is -2.35. The van der Waals surface area contributed by atoms with Gasteiger partial charge in [-0.25, -0.2) is 4.68 Å². The quantitative estimate of drug-likeness (QED) is 0.582. The fraction of sp³-hybridized carbons (Fsp3) is 0.0952. The van der Waals surface area contributed by atoms with Gasteiger partial charge in [-0.05, 0) is 23.1 Å². The van der Waals surface area contributed by atoms with E-state index in [-0.39, 0.29) is 24.1 Å². The molecule has 0 aliphatic carbocycles. The highest BCUT2D eigenvalue weighted by molar-refractivity contribution is 7.10. The van der Waals surface area contributed by atoms with Crippen LogP contribution in [0.3, 0.4) is 0 Å². The standard InChI is InChI=1S/C21H17N3O2S/c25-19(14-24-21(26)17-10-5-4-9-16(17)13-22-24)23-20(18-11-6-12-27-18)15-7-2-1-3-8-15/h1-13,20H,14H2,(H,23,25). The molecule has 134 valence electrons. The molecule has 27 heavy (non-hydrogen) atoms. The lowest BCUT2D eigenvalue weighted by molar-refractivity contribution is -0.122. The zero-order valence-electron chi connectivity index (χ0n) is 14.4. The summed E-state index contributed by atoms with van der Waals surface area (Å²) < 4.78 is 1.20. The number of benzene rings is 2. The van der Waals surface area contributed by atoms with Crippen molar-refractivity contribution >= 4 is 28.0 Å². The zero-order valence-corrected chi connectivity index (χ0v) is 15.2. The molecule has 2 aromatic carbocycles. The maximum atomic E-state index is 12.7. The third-order valence-corrected chi connectivity index (χ3v) is 5.26. The van der Waals surface area contributed by atoms with Crippen molar-refractivity contribution in [3.05, 3.63) is 99.1 Å². The largest absolute Gasteiger partial charge is 0.343 e. The van der Waals surface area contributed by atoms with Gasteiger partial charge in [-0.3, -0.25) is 9.59 Å². The average molecular weight is 375 g/mol. The monoisotopic (exact) mass is 375 g/mol. The minimum absolute atomic E-state index is 0.127. The van der Waals surface area contributed by atoms with Gasteiger partial charge in [0.1, 0.15) is 6.54 Å². The highest BCUT2D eigenvalue weighted by atomic mass is 32.1. The van der Waals surface area contributed by atoms with E-state index < -0.39 is 0 Å². The molecule has 0 aliphatic rings. The molecule has 0 saturated heterocycles. The van der Waals surface area contributed by atoms with Crippen molar-refractivity contribution in [3.63, 3.8) is 0 Å². The molecule has 1 amide bonds. The van der Waals surface area contributed by atoms with Gasteiger partial charge in [0.05, 0.1) is 17.6 Å². The zero-order chi connectivity index (χ0) is 18.6. The van der Waals surface area contributed by atoms with Gasteiger partial charge >= 0.3 is 0 Å². The first-order chi connectivity index (χ1) is 13.2. The predicted octanol–water partition coefficient (Wildman–Crippen LogP) is 3.36. The summed E-state index contributed by atoms with van der Waals surface area (Å²) in [5.41, 5.74) is 0.725. The van der Waals surface area contributed by atoms with Crippen LogP contribution in [0.15, 0.2) is 83.1 Å². The topological polar surface area (TPSA) is 64.0 Å². The summed E-state index contributed by atoms with van der Waals surface area (Å²) in [6.07, 6.45) is 1.61. The van der Waals surface area contributed by atoms with E-state index in [1.807, 2.05) is 60.0 Å². The Morgan fingerprint density at radius 3 is 2.59 bits per heavy atom. The lowest BCUT2D eigenvalue weighted by atomic mass is 10.1. The van der Waals surface area contributed by atoms with Crippen LogP contribution < -0.4 is 10.9 Å². The number of rotatable bonds is 5. The highest BCUT2D eigenvalue weighted by Gasteiger charge is 2.18. The average Bonchev–Trinajstić information content (AvgIpc) is 3.24. The molecule has 0 aliphatic heterocycles. The van der Waals surface area contributed by atoms with Crippen LogP contribution in [-0.4, -0.2) is 15.7 Å². The molecule has 1 atom stereocenters. The Bertz CT molecular complexity index is 1120. The van der Waals surface area contributed by atoms with Crippen LogP contribution >= 0.6 is 11.3 Å². The fourth-order valence-electron chi connectivity index (χ4n) is 3.00. The van der Waals surface area contributed by atoms with Gasteiger partial charge in [-0.2, -0.15) is 5.10 Å². The summed E-state index contributed by atoms with van der Waals surface area (Å²) >= 11 is 1.58. The molecule has 6 heteroatoms. The maximum Gasteiger partial charge on any atom is 0.275 e. The molecule has 1 N–H and O–H groups in total. The third-order valence-electron chi connectivity index (χ3n) is 4.32. The number of hydrogen-bond donors (Lipinski definition) is 1. The summed E-state index contributed by atoms with van der Waals surface area (Å²) in [7, 11) is 0. The number of nitrogens with zero attached hydrogens (tertiary/aromatic N) is 2. The van der Waals surface area contributed by atoms with Gasteiger partial charge in [0, 0.05) is 10.3 Å². The number of carbonyl (C=O) groups is 1. The van der Waals surface area contributed by atoms with Gasteiger partial charge in [0.2, 0.25) is 5.91 Å². The number of hydrogen-bond acceptors (Lipinski definition) is 4. The summed E-state index contributed by atoms with van der Waals surface area (Å²) in [6, 6.07) is 20.7. The van der Waals surface area contributed by atoms with Crippen molar-refractivity contribution in [3.8, 4) is 0 Å². The number of fused-ring (bicyclic) bond motifs is 1. The second kappa shape index (κ2) is 7.55. The van der Waals surface area contributed by atoms with Gasteiger partial charge in [-0.1, -0.05) is 54.6 Å². The third kappa shape index (κ3) is 3.66. The number of aromatic nitrogens is 2. The maximum absolute atomic E-state index is 12.7. The van der Waals surface area contributed by atoms with Gasteiger partial charge in [-0.15, -0.1) is 11.3 Å². The van der Waals surface area contributed by atoms with E-state index in [4.69, 9.17) is 0 Å². The Hall–Kier alpha value is -3.25. The van der Waals surface area contributed by atoms with Crippen LogP contribution in [-0.2, 0) is 11.3 Å². The van der Waals surface area contributed by atoms with Crippen molar-refractivity contribution in [2.75, 3.05) is 0 Å². The second-order valence-corrected chi connectivity index (χ2v) is 7.10. The number of amides is 1. The molecular weight excluding hydrogens is 358 g/mol. The Kier molecular flexibility index (Phi) is 4.80. The molecule has 0 radical (unpaired) electrons. The Morgan fingerprint density at radius 2 is 1.81 bits per heavy atom. The number of thiophene rings is 1. The van der Waals surface area contributed by atoms with Gasteiger partial charge in [0.25, 0.3) is 5.56 Å². The van der Waals surface area contributed by atoms with Crippen molar-refractivity contribution < 1.29 is 4.79 Å². The van der Waals surface area contributed by atoms with E-state index in [0.29, 0.717) is 5.39 Å². The van der Waals surface area contributed by atoms with Crippen LogP contribution in [0.2, 0.25) is 0 Å². The first kappa shape index (κ1) is 17.2. The minimum Gasteiger partial charge on any atom is -0.343 e. The van der Waals surface area contributed by atoms with Gasteiger partial charge in [0.15, 0.2) is 0 Å². The predicted molar refractivity (Wildman–Crippen MR) is 107 cm³/mol. The SMILES string of the molecule is O=C(Cn1ncc2ccccc2c1=O)NC(c1ccccc1)c1cccs1. The molecule has 0 spiro atoms. The van der Waals surface area contributed by atoms with Crippen LogP contribution in [0.1, 0.15) is 16.5 Å². The first-order valence-electron chi connectivity index (χ1n) is 8.55. The second-order valence-electron chi connectivity index (χ2n) is 6.12. The van der Waals surface area contributed by atoms with Gasteiger partial charge < -0.3 is 5.32 Å². The number of nitrogens with one attached hydrogen (secondary N) is 1. The van der Waals surface area contributed by atoms with Crippen molar-refractivity contribution in [2.45, 2.75) is 12.6 Å². The molecular formula is C21H17N3O2S. The number of carbonyl (C=O) groups excluding carboxylic acids is 1. The smallest absolute Gasteiger partial charge is 0.275 e. The highest BCUT2D eigenvalue weighted by Crippen LogP contribution is 2.25. The van der Waals surface area contributed by atoms with Crippen LogP contribution in [0.25, 0.3) is 10.8 Å². The van der Waals surface area contributed by atoms with Crippen molar-refractivity contribution in [1.82, 2.24) is 15.1 Å². The molecule has 0 fully saturated rings. The van der Waals surface area contributed by atoms with E-state index in [0.717, 1.165) is 15.8 Å². The molecule has 4 rings (SSSR count). The molecule has 1 unspecified atom stereocenters. The minimum atomic E-state index is -0.268. The summed E-state index contributed by atoms with van der Waals surface area (Å²) in [5.74, 6) is -0.262. The normalized spacial score (nSPS) is 12.0. The van der Waals surface area contributed by atoms with E-state index in [2.05, 4.69) is 10.4 Å². The van der Waals surface area contributed by atoms with Crippen molar-refractivity contribution in [1.29, 1.82) is 0 Å². The first-order valence-corrected chi connectivity index (χ1v) is 9.43. The summed E-state index contributed by atoms with van der Waals surface area (Å²) in [6.45, 7) is -0.127. The van der Waals surface area contributed by atoms with Crippen LogP contribution in [0, 0.1) is 0 Å². The van der Waals surface area contributed by atoms with E-state index in [1.54, 1.807) is 29.7 Å². The van der Waals surface area contributed by atoms with Crippen molar-refractivity contribution in [2.24, 2.45) is 0 Å². The molecule has 2 aromatic heterocycles. The Balaban J connectivity index is 1.59. The molecule has 2 heterocycles. The van der Waals surface area contributed by atoms with E-state index in [1.165, 1.54) is 4.68 Å². The molecule has 0 saturated carbocycles. The Morgan fingerprint density at radius 1 is 1.04 bits per heavy atom. The van der Waals surface area contributed by atoms with E-state index in [9.17, 15) is 9.59 Å². The van der Waals surface area contributed by atoms with Crippen LogP contribution in [0.5, 0.6) is 0 Å².